The van der Waals surface area contributed by atoms with Crippen molar-refractivity contribution in [2.45, 2.75) is 5.82 Å². The van der Waals surface area contributed by atoms with Crippen molar-refractivity contribution < 1.29 is 4.39 Å². The maximum absolute atomic E-state index is 12.4. The molecule has 0 unspecified atom stereocenters. The van der Waals surface area contributed by atoms with E-state index in [0.717, 1.165) is 4.46 Å². The molecule has 9 heavy (non-hydrogen) atoms. The fourth-order valence-electron chi connectivity index (χ4n) is 0.594. The van der Waals surface area contributed by atoms with E-state index < -0.39 is 0 Å². The summed E-state index contributed by atoms with van der Waals surface area (Å²) in [4.78, 5) is 0. The summed E-state index contributed by atoms with van der Waals surface area (Å²) < 4.78 is 13.5. The van der Waals surface area contributed by atoms with E-state index >= 15 is 0 Å². The van der Waals surface area contributed by atoms with Gasteiger partial charge in [-0.15, -0.1) is 0 Å². The zero-order chi connectivity index (χ0) is 6.69. The van der Waals surface area contributed by atoms with Crippen molar-refractivity contribution in [2.75, 3.05) is 0 Å². The van der Waals surface area contributed by atoms with Gasteiger partial charge < -0.3 is 0 Å². The first-order valence-electron chi connectivity index (χ1n) is 2.62. The predicted octanol–water partition coefficient (Wildman–Crippen LogP) is 1.20. The number of rotatable bonds is 1. The molecule has 1 aromatic rings. The fraction of sp³-hybridized carbons (Fsp3) is 0.143. The van der Waals surface area contributed by atoms with E-state index in [1.165, 1.54) is 6.07 Å². The molecule has 48 valence electrons. The van der Waals surface area contributed by atoms with Crippen molar-refractivity contribution in [3.8, 4) is 0 Å². The molecule has 2 heteroatoms. The van der Waals surface area contributed by atoms with Crippen LogP contribution >= 0.6 is 0 Å². The quantitative estimate of drug-likeness (QED) is 0.582. The molecule has 0 heterocycles. The normalized spacial score (nSPS) is 9.56. The molecule has 0 amide bonds. The van der Waals surface area contributed by atoms with E-state index in [4.69, 9.17) is 0 Å². The summed E-state index contributed by atoms with van der Waals surface area (Å²) in [7, 11) is 0. The third-order valence-corrected chi connectivity index (χ3v) is 2.55. The number of benzene rings is 1. The number of hydrogen-bond acceptors (Lipinski definition) is 0. The van der Waals surface area contributed by atoms with E-state index in [-0.39, 0.29) is 5.82 Å². The monoisotopic (exact) mass is 190 g/mol. The second kappa shape index (κ2) is 3.00. The second-order valence-electron chi connectivity index (χ2n) is 1.66. The van der Waals surface area contributed by atoms with Crippen LogP contribution in [0.5, 0.6) is 0 Å². The molecule has 0 N–H and O–H groups in total. The first kappa shape index (κ1) is 6.78. The molecular formula is C7H7FSe. The molecule has 0 aliphatic heterocycles. The number of hydrogen-bond donors (Lipinski definition) is 0. The zero-order valence-corrected chi connectivity index (χ0v) is 6.81. The molecule has 1 aromatic carbocycles. The van der Waals surface area contributed by atoms with E-state index in [2.05, 4.69) is 5.82 Å². The maximum atomic E-state index is 12.4. The summed E-state index contributed by atoms with van der Waals surface area (Å²) in [6.07, 6.45) is 0. The van der Waals surface area contributed by atoms with Crippen LogP contribution in [0, 0.1) is 5.82 Å². The van der Waals surface area contributed by atoms with Gasteiger partial charge in [-0.05, 0) is 0 Å². The molecule has 0 radical (unpaired) electrons. The van der Waals surface area contributed by atoms with Gasteiger partial charge in [-0.3, -0.25) is 0 Å². The van der Waals surface area contributed by atoms with Gasteiger partial charge in [-0.25, -0.2) is 0 Å². The summed E-state index contributed by atoms with van der Waals surface area (Å²) in [6, 6.07) is 6.74. The van der Waals surface area contributed by atoms with Crippen LogP contribution < -0.4 is 4.46 Å². The molecule has 0 atom stereocenters. The van der Waals surface area contributed by atoms with Gasteiger partial charge in [0, 0.05) is 0 Å². The van der Waals surface area contributed by atoms with Crippen molar-refractivity contribution in [1.82, 2.24) is 0 Å². The van der Waals surface area contributed by atoms with Crippen LogP contribution in [0.15, 0.2) is 24.3 Å². The van der Waals surface area contributed by atoms with Crippen LogP contribution in [-0.4, -0.2) is 15.0 Å². The molecule has 0 saturated heterocycles. The Morgan fingerprint density at radius 3 is 2.67 bits per heavy atom. The zero-order valence-electron chi connectivity index (χ0n) is 5.10. The Balaban J connectivity index is 2.94. The Hall–Kier alpha value is -0.331. The second-order valence-corrected chi connectivity index (χ2v) is 3.51. The minimum atomic E-state index is -0.128. The van der Waals surface area contributed by atoms with Crippen LogP contribution in [0.2, 0.25) is 5.82 Å². The van der Waals surface area contributed by atoms with Gasteiger partial charge in [-0.2, -0.15) is 0 Å². The SMILES string of the molecule is C[Se]c1cccc(F)c1. The van der Waals surface area contributed by atoms with Crippen LogP contribution in [-0.2, 0) is 0 Å². The van der Waals surface area contributed by atoms with Crippen LogP contribution in [0.1, 0.15) is 0 Å². The topological polar surface area (TPSA) is 0 Å². The van der Waals surface area contributed by atoms with Gasteiger partial charge in [0.05, 0.1) is 0 Å². The van der Waals surface area contributed by atoms with Crippen molar-refractivity contribution in [3.05, 3.63) is 30.1 Å². The Morgan fingerprint density at radius 1 is 1.44 bits per heavy atom. The average Bonchev–Trinajstić information content (AvgIpc) is 1.88. The summed E-state index contributed by atoms with van der Waals surface area (Å²) in [5, 5.41) is 0. The third kappa shape index (κ3) is 1.81. The Morgan fingerprint density at radius 2 is 2.22 bits per heavy atom. The average molecular weight is 189 g/mol. The fourth-order valence-corrected chi connectivity index (χ4v) is 1.53. The molecule has 0 aliphatic rings. The van der Waals surface area contributed by atoms with E-state index in [0.29, 0.717) is 15.0 Å². The van der Waals surface area contributed by atoms with Crippen LogP contribution in [0.25, 0.3) is 0 Å². The van der Waals surface area contributed by atoms with Crippen molar-refractivity contribution >= 4 is 19.4 Å². The van der Waals surface area contributed by atoms with Gasteiger partial charge >= 0.3 is 59.7 Å². The molecule has 0 spiro atoms. The first-order valence-corrected chi connectivity index (χ1v) is 5.19. The van der Waals surface area contributed by atoms with Crippen LogP contribution in [0.3, 0.4) is 0 Å². The molecule has 0 aliphatic carbocycles. The van der Waals surface area contributed by atoms with Gasteiger partial charge in [0.15, 0.2) is 0 Å². The molecule has 0 aromatic heterocycles. The summed E-state index contributed by atoms with van der Waals surface area (Å²) in [5.41, 5.74) is 0. The minimum absolute atomic E-state index is 0.128. The Bertz CT molecular complexity index is 198. The van der Waals surface area contributed by atoms with Gasteiger partial charge in [0.2, 0.25) is 0 Å². The summed E-state index contributed by atoms with van der Waals surface area (Å²) >= 11 is 0.419. The molecule has 0 nitrogen and oxygen atoms in total. The summed E-state index contributed by atoms with van der Waals surface area (Å²) in [6.45, 7) is 0. The Labute approximate surface area is 60.2 Å². The standard InChI is InChI=1S/C7H7FSe/c1-9-7-4-2-3-6(8)5-7/h2-5H,1H3. The van der Waals surface area contributed by atoms with E-state index in [1.54, 1.807) is 12.1 Å². The van der Waals surface area contributed by atoms with Crippen molar-refractivity contribution in [2.24, 2.45) is 0 Å². The van der Waals surface area contributed by atoms with Crippen LogP contribution in [0.4, 0.5) is 4.39 Å². The van der Waals surface area contributed by atoms with Gasteiger partial charge in [0.1, 0.15) is 0 Å². The number of halogens is 1. The first-order chi connectivity index (χ1) is 4.33. The Kier molecular flexibility index (Phi) is 2.26. The molecule has 1 rings (SSSR count). The molecule has 0 saturated carbocycles. The third-order valence-electron chi connectivity index (χ3n) is 1.03. The molecular weight excluding hydrogens is 182 g/mol. The van der Waals surface area contributed by atoms with Crippen molar-refractivity contribution in [1.29, 1.82) is 0 Å². The van der Waals surface area contributed by atoms with Gasteiger partial charge in [0.25, 0.3) is 0 Å². The molecule has 0 fully saturated rings. The predicted molar refractivity (Wildman–Crippen MR) is 37.7 cm³/mol. The van der Waals surface area contributed by atoms with E-state index in [9.17, 15) is 4.39 Å². The van der Waals surface area contributed by atoms with Crippen molar-refractivity contribution in [3.63, 3.8) is 0 Å². The van der Waals surface area contributed by atoms with Gasteiger partial charge in [-0.1, -0.05) is 0 Å². The van der Waals surface area contributed by atoms with E-state index in [1.807, 2.05) is 6.07 Å². The molecule has 0 bridgehead atoms. The summed E-state index contributed by atoms with van der Waals surface area (Å²) in [5.74, 6) is 1.94.